The van der Waals surface area contributed by atoms with Crippen molar-refractivity contribution in [3.05, 3.63) is 59.9 Å². The molecule has 1 fully saturated rings. The summed E-state index contributed by atoms with van der Waals surface area (Å²) in [5.74, 6) is -0.792. The summed E-state index contributed by atoms with van der Waals surface area (Å²) in [6.07, 6.45) is 0.981. The lowest BCUT2D eigenvalue weighted by molar-refractivity contribution is 0.178. The number of benzene rings is 2. The first-order valence-electron chi connectivity index (χ1n) is 11.6. The molecule has 0 bridgehead atoms. The maximum absolute atomic E-state index is 13.6. The van der Waals surface area contributed by atoms with Gasteiger partial charge < -0.3 is 10.2 Å². The van der Waals surface area contributed by atoms with Gasteiger partial charge >= 0.3 is 0 Å². The summed E-state index contributed by atoms with van der Waals surface area (Å²) in [7, 11) is 0.189. The second kappa shape index (κ2) is 10.9. The van der Waals surface area contributed by atoms with E-state index >= 15 is 0 Å². The molecular formula is C24H30F2N6O2S. The van der Waals surface area contributed by atoms with Crippen LogP contribution in [0, 0.1) is 11.6 Å². The van der Waals surface area contributed by atoms with Crippen LogP contribution in [0.25, 0.3) is 10.9 Å². The van der Waals surface area contributed by atoms with Crippen LogP contribution in [0.1, 0.15) is 12.2 Å². The molecule has 11 heteroatoms. The fourth-order valence-electron chi connectivity index (χ4n) is 4.05. The van der Waals surface area contributed by atoms with Gasteiger partial charge in [0.2, 0.25) is 10.0 Å². The Morgan fingerprint density at radius 1 is 1.00 bits per heavy atom. The van der Waals surface area contributed by atoms with E-state index in [0.717, 1.165) is 54.4 Å². The summed E-state index contributed by atoms with van der Waals surface area (Å²) in [5.41, 5.74) is 0.854. The third-order valence-corrected chi connectivity index (χ3v) is 7.84. The molecular weight excluding hydrogens is 474 g/mol. The van der Waals surface area contributed by atoms with Gasteiger partial charge in [0.25, 0.3) is 0 Å². The fourth-order valence-corrected chi connectivity index (χ4v) is 5.48. The first-order valence-corrected chi connectivity index (χ1v) is 13.0. The molecule has 188 valence electrons. The van der Waals surface area contributed by atoms with Gasteiger partial charge in [0.15, 0.2) is 11.6 Å². The van der Waals surface area contributed by atoms with Crippen molar-refractivity contribution in [2.75, 3.05) is 58.7 Å². The van der Waals surface area contributed by atoms with E-state index in [-0.39, 0.29) is 18.0 Å². The van der Waals surface area contributed by atoms with E-state index in [1.807, 2.05) is 38.4 Å². The average molecular weight is 505 g/mol. The fraction of sp³-hybridized carbons (Fsp3) is 0.417. The van der Waals surface area contributed by atoms with Gasteiger partial charge in [0, 0.05) is 38.1 Å². The van der Waals surface area contributed by atoms with Crippen molar-refractivity contribution < 1.29 is 17.2 Å². The van der Waals surface area contributed by atoms with Crippen LogP contribution in [0.4, 0.5) is 14.6 Å². The first-order chi connectivity index (χ1) is 16.7. The van der Waals surface area contributed by atoms with Crippen molar-refractivity contribution in [2.24, 2.45) is 0 Å². The molecule has 1 aromatic heterocycles. The van der Waals surface area contributed by atoms with Crippen molar-refractivity contribution in [1.29, 1.82) is 0 Å². The predicted octanol–water partition coefficient (Wildman–Crippen LogP) is 2.78. The van der Waals surface area contributed by atoms with Crippen molar-refractivity contribution >= 4 is 26.7 Å². The molecule has 8 nitrogen and oxygen atoms in total. The molecule has 1 N–H and O–H groups in total. The van der Waals surface area contributed by atoms with Gasteiger partial charge in [0.1, 0.15) is 11.6 Å². The summed E-state index contributed by atoms with van der Waals surface area (Å²) < 4.78 is 53.8. The number of sulfonamides is 1. The van der Waals surface area contributed by atoms with Crippen LogP contribution in [0.15, 0.2) is 47.4 Å². The maximum atomic E-state index is 13.6. The molecule has 0 aliphatic carbocycles. The third kappa shape index (κ3) is 6.10. The minimum atomic E-state index is -3.90. The van der Waals surface area contributed by atoms with Crippen LogP contribution in [0.3, 0.4) is 0 Å². The van der Waals surface area contributed by atoms with Crippen LogP contribution >= 0.6 is 0 Å². The zero-order chi connectivity index (χ0) is 25.0. The first kappa shape index (κ1) is 25.4. The lowest BCUT2D eigenvalue weighted by atomic mass is 10.2. The van der Waals surface area contributed by atoms with Crippen LogP contribution in [-0.2, 0) is 16.6 Å². The number of nitrogens with zero attached hydrogens (tertiary/aromatic N) is 5. The number of anilines is 1. The van der Waals surface area contributed by atoms with E-state index in [4.69, 9.17) is 9.97 Å². The molecule has 3 aromatic rings. The Morgan fingerprint density at radius 2 is 1.74 bits per heavy atom. The molecule has 0 unspecified atom stereocenters. The van der Waals surface area contributed by atoms with Crippen LogP contribution in [0.2, 0.25) is 0 Å². The van der Waals surface area contributed by atoms with Crippen molar-refractivity contribution in [2.45, 2.75) is 17.9 Å². The topological polar surface area (TPSA) is 81.7 Å². The highest BCUT2D eigenvalue weighted by molar-refractivity contribution is 7.89. The van der Waals surface area contributed by atoms with Gasteiger partial charge in [-0.05, 0) is 57.4 Å². The number of rotatable bonds is 9. The second-order valence-electron chi connectivity index (χ2n) is 8.85. The molecule has 1 aliphatic heterocycles. The summed E-state index contributed by atoms with van der Waals surface area (Å²) in [6.45, 7) is 3.68. The summed E-state index contributed by atoms with van der Waals surface area (Å²) >= 11 is 0. The Kier molecular flexibility index (Phi) is 7.90. The number of halogens is 2. The summed E-state index contributed by atoms with van der Waals surface area (Å²) in [5, 5.41) is 4.39. The van der Waals surface area contributed by atoms with Crippen LogP contribution in [0.5, 0.6) is 0 Å². The minimum Gasteiger partial charge on any atom is -0.369 e. The Morgan fingerprint density at radius 3 is 2.46 bits per heavy atom. The molecule has 0 atom stereocenters. The van der Waals surface area contributed by atoms with Crippen LogP contribution in [-0.4, -0.2) is 85.9 Å². The van der Waals surface area contributed by atoms with E-state index in [9.17, 15) is 17.2 Å². The molecule has 0 saturated carbocycles. The zero-order valence-corrected chi connectivity index (χ0v) is 20.7. The quantitative estimate of drug-likeness (QED) is 0.449. The van der Waals surface area contributed by atoms with Gasteiger partial charge in [-0.1, -0.05) is 12.1 Å². The molecule has 2 heterocycles. The Hall–Kier alpha value is -2.73. The normalized spacial score (nSPS) is 15.7. The second-order valence-corrected chi connectivity index (χ2v) is 10.8. The minimum absolute atomic E-state index is 0.241. The van der Waals surface area contributed by atoms with Gasteiger partial charge in [-0.3, -0.25) is 4.90 Å². The lowest BCUT2D eigenvalue weighted by Crippen LogP contribution is -2.48. The SMILES string of the molecule is CN(C)CCCNc1nc(CN2CCN(S(=O)(=O)c3ccc(F)c(F)c3)CC2)nc2ccccc12. The van der Waals surface area contributed by atoms with E-state index in [1.54, 1.807) is 0 Å². The van der Waals surface area contributed by atoms with E-state index in [1.165, 1.54) is 4.31 Å². The molecule has 0 amide bonds. The number of fused-ring (bicyclic) bond motifs is 1. The number of hydrogen-bond donors (Lipinski definition) is 1. The maximum Gasteiger partial charge on any atom is 0.243 e. The van der Waals surface area contributed by atoms with Crippen molar-refractivity contribution in [1.82, 2.24) is 24.1 Å². The van der Waals surface area contributed by atoms with Crippen molar-refractivity contribution in [3.63, 3.8) is 0 Å². The van der Waals surface area contributed by atoms with Gasteiger partial charge in [-0.15, -0.1) is 0 Å². The summed E-state index contributed by atoms with van der Waals surface area (Å²) in [6, 6.07) is 10.5. The molecule has 4 rings (SSSR count). The number of piperazine rings is 1. The predicted molar refractivity (Wildman–Crippen MR) is 132 cm³/mol. The zero-order valence-electron chi connectivity index (χ0n) is 19.9. The van der Waals surface area contributed by atoms with E-state index in [2.05, 4.69) is 15.1 Å². The number of hydrogen-bond acceptors (Lipinski definition) is 7. The largest absolute Gasteiger partial charge is 0.369 e. The smallest absolute Gasteiger partial charge is 0.243 e. The highest BCUT2D eigenvalue weighted by Crippen LogP contribution is 2.23. The van der Waals surface area contributed by atoms with Crippen molar-refractivity contribution in [3.8, 4) is 0 Å². The highest BCUT2D eigenvalue weighted by Gasteiger charge is 2.29. The van der Waals surface area contributed by atoms with E-state index < -0.39 is 21.7 Å². The number of para-hydroxylation sites is 1. The Labute approximate surface area is 204 Å². The molecule has 0 radical (unpaired) electrons. The van der Waals surface area contributed by atoms with Gasteiger partial charge in [0.05, 0.1) is 17.0 Å². The molecule has 1 aliphatic rings. The monoisotopic (exact) mass is 504 g/mol. The summed E-state index contributed by atoms with van der Waals surface area (Å²) in [4.78, 5) is 13.5. The number of aromatic nitrogens is 2. The standard InChI is InChI=1S/C24H30F2N6O2S/c1-30(2)11-5-10-27-24-19-6-3-4-7-22(19)28-23(29-24)17-31-12-14-32(15-13-31)35(33,34)18-8-9-20(25)21(26)16-18/h3-4,6-9,16H,5,10-15,17H2,1-2H3,(H,27,28,29). The molecule has 0 spiro atoms. The third-order valence-electron chi connectivity index (χ3n) is 5.95. The van der Waals surface area contributed by atoms with Crippen LogP contribution < -0.4 is 5.32 Å². The molecule has 2 aromatic carbocycles. The Bertz CT molecular complexity index is 1280. The average Bonchev–Trinajstić information content (AvgIpc) is 2.83. The number of nitrogens with one attached hydrogen (secondary N) is 1. The lowest BCUT2D eigenvalue weighted by Gasteiger charge is -2.33. The Balaban J connectivity index is 1.42. The van der Waals surface area contributed by atoms with Gasteiger partial charge in [-0.2, -0.15) is 4.31 Å². The molecule has 35 heavy (non-hydrogen) atoms. The molecule has 1 saturated heterocycles. The van der Waals surface area contributed by atoms with E-state index in [0.29, 0.717) is 25.5 Å². The van der Waals surface area contributed by atoms with Gasteiger partial charge in [-0.25, -0.2) is 27.2 Å². The highest BCUT2D eigenvalue weighted by atomic mass is 32.2.